The average Bonchev–Trinajstić information content (AvgIpc) is 2.62. The third-order valence-electron chi connectivity index (χ3n) is 3.83. The molecule has 0 nitrogen and oxygen atoms in total. The van der Waals surface area contributed by atoms with E-state index in [0.29, 0.717) is 0 Å². The van der Waals surface area contributed by atoms with Crippen molar-refractivity contribution in [1.29, 1.82) is 0 Å². The van der Waals surface area contributed by atoms with E-state index in [0.717, 1.165) is 12.0 Å². The molecule has 0 unspecified atom stereocenters. The largest absolute Gasteiger partial charge is 0.0984 e. The molecule has 0 saturated carbocycles. The summed E-state index contributed by atoms with van der Waals surface area (Å²) < 4.78 is 0. The zero-order chi connectivity index (χ0) is 16.5. The van der Waals surface area contributed by atoms with Gasteiger partial charge in [-0.05, 0) is 42.5 Å². The smallest absolute Gasteiger partial charge is 0.0133 e. The maximum Gasteiger partial charge on any atom is -0.0133 e. The zero-order valence-corrected chi connectivity index (χ0v) is 14.0. The molecular formula is C23H24. The lowest BCUT2D eigenvalue weighted by atomic mass is 10.0. The summed E-state index contributed by atoms with van der Waals surface area (Å²) in [7, 11) is 0. The third kappa shape index (κ3) is 5.27. The van der Waals surface area contributed by atoms with Crippen LogP contribution in [0.3, 0.4) is 0 Å². The molecule has 0 saturated heterocycles. The minimum atomic E-state index is 0.955. The maximum absolute atomic E-state index is 3.92. The molecule has 2 rings (SSSR count). The highest BCUT2D eigenvalue weighted by atomic mass is 14.0. The molecule has 0 fully saturated rings. The fraction of sp³-hybridized carbons (Fsp3) is 0.130. The average molecular weight is 300 g/mol. The number of hydrogen-bond acceptors (Lipinski definition) is 0. The highest BCUT2D eigenvalue weighted by Gasteiger charge is 1.96. The molecule has 0 bridgehead atoms. The number of rotatable bonds is 6. The van der Waals surface area contributed by atoms with Crippen LogP contribution < -0.4 is 0 Å². The molecule has 2 aromatic rings. The molecule has 0 amide bonds. The van der Waals surface area contributed by atoms with Gasteiger partial charge in [0, 0.05) is 0 Å². The fourth-order valence-electron chi connectivity index (χ4n) is 2.35. The molecule has 23 heavy (non-hydrogen) atoms. The molecule has 0 aromatic heterocycles. The normalized spacial score (nSPS) is 13.0. The van der Waals surface area contributed by atoms with Gasteiger partial charge in [0.25, 0.3) is 0 Å². The van der Waals surface area contributed by atoms with Gasteiger partial charge in [-0.3, -0.25) is 0 Å². The number of benzene rings is 2. The Labute approximate surface area is 140 Å². The Kier molecular flexibility index (Phi) is 6.38. The van der Waals surface area contributed by atoms with E-state index in [1.807, 2.05) is 18.2 Å². The lowest BCUT2D eigenvalue weighted by molar-refractivity contribution is 1.21. The van der Waals surface area contributed by atoms with Crippen molar-refractivity contribution in [3.8, 4) is 0 Å². The van der Waals surface area contributed by atoms with Gasteiger partial charge >= 0.3 is 0 Å². The van der Waals surface area contributed by atoms with E-state index in [-0.39, 0.29) is 0 Å². The van der Waals surface area contributed by atoms with Crippen LogP contribution in [0.15, 0.2) is 97.1 Å². The molecule has 0 aliphatic rings. The van der Waals surface area contributed by atoms with Crippen LogP contribution in [0.25, 0.3) is 11.1 Å². The molecule has 0 heteroatoms. The minimum Gasteiger partial charge on any atom is -0.0984 e. The van der Waals surface area contributed by atoms with Crippen molar-refractivity contribution in [2.24, 2.45) is 0 Å². The number of allylic oxidation sites excluding steroid dienone is 7. The molecule has 116 valence electrons. The van der Waals surface area contributed by atoms with Crippen molar-refractivity contribution in [3.05, 3.63) is 108 Å². The predicted molar refractivity (Wildman–Crippen MR) is 103 cm³/mol. The van der Waals surface area contributed by atoms with Crippen molar-refractivity contribution in [2.45, 2.75) is 20.3 Å². The van der Waals surface area contributed by atoms with Crippen LogP contribution in [0, 0.1) is 0 Å². The molecule has 0 aliphatic heterocycles. The molecule has 0 aliphatic carbocycles. The summed E-state index contributed by atoms with van der Waals surface area (Å²) in [5.74, 6) is 0. The summed E-state index contributed by atoms with van der Waals surface area (Å²) in [6, 6.07) is 20.8. The van der Waals surface area contributed by atoms with Gasteiger partial charge in [-0.1, -0.05) is 97.1 Å². The van der Waals surface area contributed by atoms with Crippen LogP contribution in [0.5, 0.6) is 0 Å². The standard InChI is InChI=1S/C23H24/c1-4-21(23-13-9-6-10-14-23)18-16-19(2)15-17-20(3)22-11-7-5-8-12-22/h4-14,16-18H,1,15H2,2-3H3/b19-16+,20-17+,21-18+. The quantitative estimate of drug-likeness (QED) is 0.521. The van der Waals surface area contributed by atoms with E-state index in [2.05, 4.69) is 87.2 Å². The monoisotopic (exact) mass is 300 g/mol. The molecule has 0 heterocycles. The van der Waals surface area contributed by atoms with Crippen molar-refractivity contribution >= 4 is 11.1 Å². The first-order chi connectivity index (χ1) is 11.2. The van der Waals surface area contributed by atoms with Gasteiger partial charge in [-0.2, -0.15) is 0 Å². The molecule has 0 atom stereocenters. The van der Waals surface area contributed by atoms with Gasteiger partial charge in [0.2, 0.25) is 0 Å². The lowest BCUT2D eigenvalue weighted by Crippen LogP contribution is -1.81. The van der Waals surface area contributed by atoms with Crippen LogP contribution in [-0.4, -0.2) is 0 Å². The van der Waals surface area contributed by atoms with Gasteiger partial charge in [-0.25, -0.2) is 0 Å². The van der Waals surface area contributed by atoms with E-state index in [1.165, 1.54) is 22.3 Å². The van der Waals surface area contributed by atoms with Gasteiger partial charge in [0.1, 0.15) is 0 Å². The summed E-state index contributed by atoms with van der Waals surface area (Å²) in [5, 5.41) is 0. The second-order valence-electron chi connectivity index (χ2n) is 5.66. The highest BCUT2D eigenvalue weighted by Crippen LogP contribution is 2.18. The Bertz CT molecular complexity index is 713. The third-order valence-corrected chi connectivity index (χ3v) is 3.83. The fourth-order valence-corrected chi connectivity index (χ4v) is 2.35. The highest BCUT2D eigenvalue weighted by molar-refractivity contribution is 5.74. The number of hydrogen-bond donors (Lipinski definition) is 0. The first-order valence-electron chi connectivity index (χ1n) is 7.98. The van der Waals surface area contributed by atoms with E-state index in [9.17, 15) is 0 Å². The van der Waals surface area contributed by atoms with Crippen LogP contribution in [0.1, 0.15) is 31.4 Å². The SMILES string of the molecule is C=C/C(=C\C=C(/C)C/C=C(\C)c1ccccc1)c1ccccc1. The van der Waals surface area contributed by atoms with Crippen LogP contribution in [-0.2, 0) is 0 Å². The zero-order valence-electron chi connectivity index (χ0n) is 14.0. The topological polar surface area (TPSA) is 0 Å². The van der Waals surface area contributed by atoms with Crippen molar-refractivity contribution in [3.63, 3.8) is 0 Å². The Balaban J connectivity index is 2.08. The lowest BCUT2D eigenvalue weighted by Gasteiger charge is -2.03. The Hall–Kier alpha value is -2.60. The Morgan fingerprint density at radius 2 is 1.39 bits per heavy atom. The summed E-state index contributed by atoms with van der Waals surface area (Å²) in [5.41, 5.74) is 6.27. The van der Waals surface area contributed by atoms with Gasteiger partial charge in [0.05, 0.1) is 0 Å². The summed E-state index contributed by atoms with van der Waals surface area (Å²) in [6.45, 7) is 8.25. The van der Waals surface area contributed by atoms with Gasteiger partial charge < -0.3 is 0 Å². The summed E-state index contributed by atoms with van der Waals surface area (Å²) in [4.78, 5) is 0. The predicted octanol–water partition coefficient (Wildman–Crippen LogP) is 6.70. The first kappa shape index (κ1) is 16.8. The van der Waals surface area contributed by atoms with Crippen molar-refractivity contribution in [2.75, 3.05) is 0 Å². The minimum absolute atomic E-state index is 0.955. The van der Waals surface area contributed by atoms with E-state index in [1.54, 1.807) is 0 Å². The van der Waals surface area contributed by atoms with E-state index in [4.69, 9.17) is 0 Å². The van der Waals surface area contributed by atoms with Crippen molar-refractivity contribution in [1.82, 2.24) is 0 Å². The van der Waals surface area contributed by atoms with E-state index < -0.39 is 0 Å². The Morgan fingerprint density at radius 3 is 1.96 bits per heavy atom. The van der Waals surface area contributed by atoms with Crippen LogP contribution >= 0.6 is 0 Å². The summed E-state index contributed by atoms with van der Waals surface area (Å²) in [6.07, 6.45) is 9.47. The molecule has 2 aromatic carbocycles. The maximum atomic E-state index is 3.92. The van der Waals surface area contributed by atoms with Crippen molar-refractivity contribution < 1.29 is 0 Å². The first-order valence-corrected chi connectivity index (χ1v) is 7.98. The van der Waals surface area contributed by atoms with Crippen LogP contribution in [0.2, 0.25) is 0 Å². The van der Waals surface area contributed by atoms with Gasteiger partial charge in [-0.15, -0.1) is 0 Å². The molecule has 0 radical (unpaired) electrons. The summed E-state index contributed by atoms with van der Waals surface area (Å²) >= 11 is 0. The van der Waals surface area contributed by atoms with Gasteiger partial charge in [0.15, 0.2) is 0 Å². The molecular weight excluding hydrogens is 276 g/mol. The second kappa shape index (κ2) is 8.75. The van der Waals surface area contributed by atoms with E-state index >= 15 is 0 Å². The molecule has 0 spiro atoms. The molecule has 0 N–H and O–H groups in total. The van der Waals surface area contributed by atoms with Crippen LogP contribution in [0.4, 0.5) is 0 Å². The Morgan fingerprint density at radius 1 is 0.826 bits per heavy atom. The second-order valence-corrected chi connectivity index (χ2v) is 5.66.